The van der Waals surface area contributed by atoms with Gasteiger partial charge in [-0.1, -0.05) is 12.1 Å². The van der Waals surface area contributed by atoms with Crippen LogP contribution in [0.1, 0.15) is 56.3 Å². The molecular formula is C46H39N14O2+. The molecule has 6 aromatic heterocycles. The number of carbonyl (C=O) groups is 2. The highest BCUT2D eigenvalue weighted by Crippen LogP contribution is 2.28. The number of nitrogens with one attached hydrogen (secondary N) is 4. The standard InChI is InChI=1S/C46H38N14O2/c1-58(25-29-14-33(22-49-20-29)31-4-10-41-39(16-31)43(56-54-41)45(61)52-36-7-6-35(18-47)51-24-36)28-60-27-37(8-9-38(60)19-48)53-46(62)44-40-17-32(5-11-42(40)55-57-44)34-15-30(21-50-23-34)26-59-12-2-3-13-59/h4-11,14-17,20-24,27H,2-3,12-13,25-26,28H2,1H3,(H3-,52,53,54,55,56,57,61,62)/p+1. The number of amides is 2. The van der Waals surface area contributed by atoms with E-state index in [2.05, 4.69) is 63.0 Å². The van der Waals surface area contributed by atoms with Crippen molar-refractivity contribution < 1.29 is 14.2 Å². The van der Waals surface area contributed by atoms with Gasteiger partial charge in [0.1, 0.15) is 17.5 Å². The molecule has 0 saturated carbocycles. The predicted octanol–water partition coefficient (Wildman–Crippen LogP) is 6.18. The van der Waals surface area contributed by atoms with Crippen LogP contribution in [0, 0.1) is 22.7 Å². The third-order valence-corrected chi connectivity index (χ3v) is 10.8. The van der Waals surface area contributed by atoms with E-state index in [9.17, 15) is 14.9 Å². The summed E-state index contributed by atoms with van der Waals surface area (Å²) < 4.78 is 1.78. The van der Waals surface area contributed by atoms with Crippen molar-refractivity contribution in [3.63, 3.8) is 0 Å². The zero-order valence-electron chi connectivity index (χ0n) is 33.6. The average molecular weight is 820 g/mol. The number of carbonyl (C=O) groups excluding carboxylic acids is 2. The minimum absolute atomic E-state index is 0.216. The lowest BCUT2D eigenvalue weighted by atomic mass is 10.0. The van der Waals surface area contributed by atoms with Gasteiger partial charge in [-0.05, 0) is 110 Å². The minimum Gasteiger partial charge on any atom is -0.319 e. The van der Waals surface area contributed by atoms with Gasteiger partial charge in [-0.25, -0.2) is 9.88 Å². The van der Waals surface area contributed by atoms with Crippen molar-refractivity contribution in [1.82, 2.24) is 45.1 Å². The molecule has 1 fully saturated rings. The normalized spacial score (nSPS) is 12.7. The SMILES string of the molecule is CN(Cc1cncc(-c2ccc3[nH]nc(C(=O)Nc4ccc(C#N)nc4)c3c2)c1)C[n+]1cc(NC(=O)c2n[nH]c3ccc(-c4cncc(CN5CCCC5)c4)cc23)ccc1C#N. The quantitative estimate of drug-likeness (QED) is 0.102. The predicted molar refractivity (Wildman–Crippen MR) is 231 cm³/mol. The molecule has 304 valence electrons. The summed E-state index contributed by atoms with van der Waals surface area (Å²) in [4.78, 5) is 44.4. The Balaban J connectivity index is 0.877. The first-order chi connectivity index (χ1) is 30.3. The number of aromatic nitrogens is 8. The van der Waals surface area contributed by atoms with Gasteiger partial charge in [0, 0.05) is 65.8 Å². The Labute approximate surface area is 355 Å². The second kappa shape index (κ2) is 17.2. The number of hydrogen-bond donors (Lipinski definition) is 4. The first-order valence-corrected chi connectivity index (χ1v) is 20.0. The van der Waals surface area contributed by atoms with Crippen LogP contribution in [0.3, 0.4) is 0 Å². The van der Waals surface area contributed by atoms with Gasteiger partial charge in [-0.2, -0.15) is 25.3 Å². The Morgan fingerprint density at radius 2 is 1.34 bits per heavy atom. The highest BCUT2D eigenvalue weighted by Gasteiger charge is 2.21. The van der Waals surface area contributed by atoms with Gasteiger partial charge in [-0.15, -0.1) is 0 Å². The molecule has 2 aromatic carbocycles. The number of hydrogen-bond acceptors (Lipinski definition) is 11. The molecule has 62 heavy (non-hydrogen) atoms. The topological polar surface area (TPSA) is 212 Å². The Morgan fingerprint density at radius 3 is 1.95 bits per heavy atom. The Morgan fingerprint density at radius 1 is 0.726 bits per heavy atom. The van der Waals surface area contributed by atoms with E-state index < -0.39 is 5.91 Å². The summed E-state index contributed by atoms with van der Waals surface area (Å²) in [7, 11) is 1.93. The number of H-pyrrole nitrogens is 2. The highest BCUT2D eigenvalue weighted by molar-refractivity contribution is 6.12. The molecule has 9 rings (SSSR count). The maximum atomic E-state index is 13.7. The summed E-state index contributed by atoms with van der Waals surface area (Å²) in [5.74, 6) is -0.801. The molecule has 0 bridgehead atoms. The minimum atomic E-state index is -0.419. The lowest BCUT2D eigenvalue weighted by Crippen LogP contribution is -2.44. The van der Waals surface area contributed by atoms with Crippen molar-refractivity contribution in [1.29, 1.82) is 10.5 Å². The highest BCUT2D eigenvalue weighted by atomic mass is 16.2. The lowest BCUT2D eigenvalue weighted by Gasteiger charge is -2.15. The first-order valence-electron chi connectivity index (χ1n) is 20.0. The van der Waals surface area contributed by atoms with Gasteiger partial charge >= 0.3 is 0 Å². The van der Waals surface area contributed by atoms with Crippen LogP contribution < -0.4 is 15.2 Å². The molecule has 16 heteroatoms. The van der Waals surface area contributed by atoms with E-state index in [1.165, 1.54) is 25.1 Å². The number of anilines is 2. The smallest absolute Gasteiger partial charge is 0.284 e. The number of pyridine rings is 4. The maximum absolute atomic E-state index is 13.7. The maximum Gasteiger partial charge on any atom is 0.284 e. The van der Waals surface area contributed by atoms with Crippen molar-refractivity contribution in [3.05, 3.63) is 144 Å². The fourth-order valence-electron chi connectivity index (χ4n) is 7.77. The number of nitriles is 2. The van der Waals surface area contributed by atoms with Crippen molar-refractivity contribution >= 4 is 45.0 Å². The molecule has 1 saturated heterocycles. The van der Waals surface area contributed by atoms with E-state index in [1.54, 1.807) is 41.4 Å². The monoisotopic (exact) mass is 819 g/mol. The zero-order valence-corrected chi connectivity index (χ0v) is 33.6. The number of aromatic amines is 2. The van der Waals surface area contributed by atoms with E-state index in [-0.39, 0.29) is 23.0 Å². The van der Waals surface area contributed by atoms with Crippen molar-refractivity contribution in [3.8, 4) is 34.4 Å². The van der Waals surface area contributed by atoms with Crippen molar-refractivity contribution in [2.24, 2.45) is 0 Å². The van der Waals surface area contributed by atoms with E-state index in [4.69, 9.17) is 5.26 Å². The molecule has 0 spiro atoms. The Hall–Kier alpha value is -8.18. The summed E-state index contributed by atoms with van der Waals surface area (Å²) in [6, 6.07) is 26.5. The summed E-state index contributed by atoms with van der Waals surface area (Å²) in [6.07, 6.45) is 12.9. The largest absolute Gasteiger partial charge is 0.319 e. The lowest BCUT2D eigenvalue weighted by molar-refractivity contribution is -0.717. The Bertz CT molecular complexity index is 3060. The summed E-state index contributed by atoms with van der Waals surface area (Å²) in [6.45, 7) is 3.91. The van der Waals surface area contributed by atoms with Crippen LogP contribution in [-0.4, -0.2) is 77.1 Å². The zero-order chi connectivity index (χ0) is 42.6. The third-order valence-electron chi connectivity index (χ3n) is 10.8. The molecule has 0 aliphatic carbocycles. The molecular weight excluding hydrogens is 781 g/mol. The second-order valence-electron chi connectivity index (χ2n) is 15.3. The van der Waals surface area contributed by atoms with Crippen LogP contribution in [0.4, 0.5) is 11.4 Å². The molecule has 2 amide bonds. The fourth-order valence-corrected chi connectivity index (χ4v) is 7.77. The summed E-state index contributed by atoms with van der Waals surface area (Å²) in [5.41, 5.74) is 9.21. The van der Waals surface area contributed by atoms with Gasteiger partial charge in [0.15, 0.2) is 23.7 Å². The van der Waals surface area contributed by atoms with Crippen LogP contribution in [-0.2, 0) is 19.8 Å². The molecule has 16 nitrogen and oxygen atoms in total. The summed E-state index contributed by atoms with van der Waals surface area (Å²) in [5, 5.41) is 40.6. The van der Waals surface area contributed by atoms with E-state index >= 15 is 0 Å². The molecule has 1 aliphatic heterocycles. The summed E-state index contributed by atoms with van der Waals surface area (Å²) >= 11 is 0. The first kappa shape index (κ1) is 39.3. The van der Waals surface area contributed by atoms with Crippen LogP contribution in [0.2, 0.25) is 0 Å². The van der Waals surface area contributed by atoms with Gasteiger partial charge in [0.05, 0.1) is 22.9 Å². The molecule has 4 N–H and O–H groups in total. The van der Waals surface area contributed by atoms with Crippen molar-refractivity contribution in [2.75, 3.05) is 30.8 Å². The Kier molecular flexibility index (Phi) is 10.9. The number of likely N-dealkylation sites (tertiary alicyclic amines) is 1. The van der Waals surface area contributed by atoms with E-state index in [0.29, 0.717) is 46.6 Å². The number of nitrogens with zero attached hydrogens (tertiary/aromatic N) is 10. The number of fused-ring (bicyclic) bond motifs is 2. The van der Waals surface area contributed by atoms with E-state index in [1.807, 2.05) is 72.9 Å². The second-order valence-corrected chi connectivity index (χ2v) is 15.3. The van der Waals surface area contributed by atoms with Crippen LogP contribution in [0.25, 0.3) is 44.1 Å². The van der Waals surface area contributed by atoms with Gasteiger partial charge in [-0.3, -0.25) is 34.7 Å². The van der Waals surface area contributed by atoms with E-state index in [0.717, 1.165) is 58.5 Å². The molecule has 1 aliphatic rings. The average Bonchev–Trinajstić information content (AvgIpc) is 4.07. The molecule has 0 unspecified atom stereocenters. The molecule has 0 radical (unpaired) electrons. The molecule has 8 aromatic rings. The van der Waals surface area contributed by atoms with Crippen LogP contribution >= 0.6 is 0 Å². The molecule has 7 heterocycles. The molecule has 0 atom stereocenters. The van der Waals surface area contributed by atoms with Crippen molar-refractivity contribution in [2.45, 2.75) is 32.6 Å². The van der Waals surface area contributed by atoms with Crippen LogP contribution in [0.15, 0.2) is 110 Å². The third kappa shape index (κ3) is 8.45. The fraction of sp³-hybridized carbons (Fsp3) is 0.174. The van der Waals surface area contributed by atoms with Gasteiger partial charge in [0.2, 0.25) is 6.67 Å². The van der Waals surface area contributed by atoms with Gasteiger partial charge in [0.25, 0.3) is 17.5 Å². The number of benzene rings is 2. The van der Waals surface area contributed by atoms with Gasteiger partial charge < -0.3 is 10.6 Å². The number of rotatable bonds is 12. The van der Waals surface area contributed by atoms with Crippen LogP contribution in [0.5, 0.6) is 0 Å².